The third-order valence-corrected chi connectivity index (χ3v) is 1.23. The first kappa shape index (κ1) is 6.71. The second kappa shape index (κ2) is 2.95. The van der Waals surface area contributed by atoms with Crippen LogP contribution in [0, 0.1) is 0 Å². The van der Waals surface area contributed by atoms with Crippen molar-refractivity contribution in [2.24, 2.45) is 0 Å². The summed E-state index contributed by atoms with van der Waals surface area (Å²) in [5, 5.41) is 14.7. The van der Waals surface area contributed by atoms with Gasteiger partial charge in [0.05, 0.1) is 5.56 Å². The van der Waals surface area contributed by atoms with E-state index in [2.05, 4.69) is 30.4 Å². The van der Waals surface area contributed by atoms with Crippen molar-refractivity contribution in [1.29, 1.82) is 0 Å². The molecule has 0 aliphatic rings. The van der Waals surface area contributed by atoms with Gasteiger partial charge in [-0.25, -0.2) is 9.97 Å². The molecule has 0 unspecified atom stereocenters. The lowest BCUT2D eigenvalue weighted by Crippen LogP contribution is -1.94. The van der Waals surface area contributed by atoms with Crippen LogP contribution in [0.2, 0.25) is 0 Å². The van der Waals surface area contributed by atoms with Crippen LogP contribution in [0.25, 0.3) is 11.4 Å². The summed E-state index contributed by atoms with van der Waals surface area (Å²) in [6.07, 6.45) is 5.91. The molecule has 2 aromatic heterocycles. The van der Waals surface area contributed by atoms with Crippen LogP contribution < -0.4 is 0 Å². The van der Waals surface area contributed by atoms with Crippen molar-refractivity contribution in [3.8, 4) is 11.4 Å². The van der Waals surface area contributed by atoms with Gasteiger partial charge in [-0.15, -0.1) is 20.4 Å². The summed E-state index contributed by atoms with van der Waals surface area (Å²) in [5.74, 6) is 0.429. The van der Waals surface area contributed by atoms with Crippen molar-refractivity contribution >= 4 is 0 Å². The van der Waals surface area contributed by atoms with E-state index >= 15 is 0 Å². The number of rotatable bonds is 1. The van der Waals surface area contributed by atoms with Crippen molar-refractivity contribution in [1.82, 2.24) is 30.4 Å². The Kier molecular flexibility index (Phi) is 1.65. The van der Waals surface area contributed by atoms with Crippen LogP contribution in [0.15, 0.2) is 25.0 Å². The fraction of sp³-hybridized carbons (Fsp3) is 0. The summed E-state index contributed by atoms with van der Waals surface area (Å²) < 4.78 is 0. The summed E-state index contributed by atoms with van der Waals surface area (Å²) >= 11 is 0. The lowest BCUT2D eigenvalue weighted by Gasteiger charge is -1.92. The summed E-state index contributed by atoms with van der Waals surface area (Å²) in [7, 11) is 0. The van der Waals surface area contributed by atoms with Crippen molar-refractivity contribution in [3.05, 3.63) is 25.0 Å². The third kappa shape index (κ3) is 1.22. The zero-order valence-corrected chi connectivity index (χ0v) is 5.99. The zero-order valence-electron chi connectivity index (χ0n) is 5.99. The van der Waals surface area contributed by atoms with Gasteiger partial charge in [0.25, 0.3) is 0 Å². The molecular formula is C6H4N6. The summed E-state index contributed by atoms with van der Waals surface area (Å²) in [4.78, 5) is 7.63. The van der Waals surface area contributed by atoms with Crippen LogP contribution in [0.1, 0.15) is 0 Å². The van der Waals surface area contributed by atoms with Gasteiger partial charge in [-0.1, -0.05) is 0 Å². The number of aromatic nitrogens is 6. The van der Waals surface area contributed by atoms with Gasteiger partial charge in [0.15, 0.2) is 6.33 Å². The minimum absolute atomic E-state index is 0.429. The van der Waals surface area contributed by atoms with Gasteiger partial charge in [-0.3, -0.25) is 0 Å². The molecule has 0 bridgehead atoms. The van der Waals surface area contributed by atoms with E-state index in [4.69, 9.17) is 0 Å². The number of nitrogens with zero attached hydrogens (tertiary/aromatic N) is 6. The van der Waals surface area contributed by atoms with Gasteiger partial charge in [-0.2, -0.15) is 0 Å². The normalized spacial score (nSPS) is 9.67. The molecule has 0 aromatic carbocycles. The Balaban J connectivity index is 2.46. The van der Waals surface area contributed by atoms with Crippen molar-refractivity contribution in [3.63, 3.8) is 0 Å². The molecule has 0 N–H and O–H groups in total. The van der Waals surface area contributed by atoms with Gasteiger partial charge < -0.3 is 0 Å². The molecule has 12 heavy (non-hydrogen) atoms. The van der Waals surface area contributed by atoms with Crippen LogP contribution in [-0.4, -0.2) is 30.4 Å². The maximum atomic E-state index is 3.81. The molecule has 2 heterocycles. The smallest absolute Gasteiger partial charge is 0.206 e. The highest BCUT2D eigenvalue weighted by Crippen LogP contribution is 2.06. The van der Waals surface area contributed by atoms with Crippen LogP contribution in [0.4, 0.5) is 0 Å². The highest BCUT2D eigenvalue weighted by Gasteiger charge is 1.99. The number of hydrogen-bond acceptors (Lipinski definition) is 6. The lowest BCUT2D eigenvalue weighted by molar-refractivity contribution is 0.862. The van der Waals surface area contributed by atoms with Crippen LogP contribution in [0.3, 0.4) is 0 Å². The van der Waals surface area contributed by atoms with Crippen molar-refractivity contribution < 1.29 is 0 Å². The summed E-state index contributed by atoms with van der Waals surface area (Å²) in [5.41, 5.74) is 0.707. The highest BCUT2D eigenvalue weighted by molar-refractivity contribution is 5.49. The molecule has 2 rings (SSSR count). The standard InChI is InChI=1S/C6H4N6/c1-5(2-8-3-7-1)6-11-9-4-10-12-6/h1-4H. The van der Waals surface area contributed by atoms with Crippen LogP contribution >= 0.6 is 0 Å². The largest absolute Gasteiger partial charge is 0.244 e. The molecule has 0 fully saturated rings. The second-order valence-electron chi connectivity index (χ2n) is 2.00. The Morgan fingerprint density at radius 3 is 2.17 bits per heavy atom. The zero-order chi connectivity index (χ0) is 8.23. The maximum absolute atomic E-state index is 3.81. The van der Waals surface area contributed by atoms with E-state index in [0.29, 0.717) is 11.4 Å². The van der Waals surface area contributed by atoms with Gasteiger partial charge in [0, 0.05) is 12.4 Å². The molecule has 0 saturated heterocycles. The molecule has 0 amide bonds. The van der Waals surface area contributed by atoms with Gasteiger partial charge in [0.1, 0.15) is 6.33 Å². The minimum Gasteiger partial charge on any atom is -0.244 e. The minimum atomic E-state index is 0.429. The first-order chi connectivity index (χ1) is 5.97. The summed E-state index contributed by atoms with van der Waals surface area (Å²) in [6.45, 7) is 0. The molecule has 0 aliphatic heterocycles. The Labute approximate surface area is 67.7 Å². The molecule has 0 aliphatic carbocycles. The molecule has 6 nitrogen and oxygen atoms in total. The van der Waals surface area contributed by atoms with E-state index < -0.39 is 0 Å². The Bertz CT molecular complexity index is 309. The maximum Gasteiger partial charge on any atom is 0.206 e. The molecule has 0 atom stereocenters. The first-order valence-corrected chi connectivity index (χ1v) is 3.22. The molecule has 0 saturated carbocycles. The van der Waals surface area contributed by atoms with Gasteiger partial charge in [0.2, 0.25) is 5.82 Å². The van der Waals surface area contributed by atoms with E-state index in [1.807, 2.05) is 0 Å². The second-order valence-corrected chi connectivity index (χ2v) is 2.00. The van der Waals surface area contributed by atoms with Crippen molar-refractivity contribution in [2.75, 3.05) is 0 Å². The van der Waals surface area contributed by atoms with Crippen LogP contribution in [-0.2, 0) is 0 Å². The van der Waals surface area contributed by atoms with E-state index in [9.17, 15) is 0 Å². The topological polar surface area (TPSA) is 77.3 Å². The van der Waals surface area contributed by atoms with Gasteiger partial charge in [-0.05, 0) is 0 Å². The molecule has 0 spiro atoms. The van der Waals surface area contributed by atoms with Crippen molar-refractivity contribution in [2.45, 2.75) is 0 Å². The van der Waals surface area contributed by atoms with E-state index in [1.54, 1.807) is 12.4 Å². The quantitative estimate of drug-likeness (QED) is 0.571. The van der Waals surface area contributed by atoms with Gasteiger partial charge >= 0.3 is 0 Å². The Hall–Kier alpha value is -1.98. The van der Waals surface area contributed by atoms with E-state index in [0.717, 1.165) is 0 Å². The molecule has 58 valence electrons. The average molecular weight is 160 g/mol. The monoisotopic (exact) mass is 160 g/mol. The SMILES string of the molecule is c1ncc(-c2nncnn2)cn1. The van der Waals surface area contributed by atoms with E-state index in [-0.39, 0.29) is 0 Å². The Morgan fingerprint density at radius 2 is 1.50 bits per heavy atom. The fourth-order valence-electron chi connectivity index (χ4n) is 0.734. The predicted molar refractivity (Wildman–Crippen MR) is 38.6 cm³/mol. The lowest BCUT2D eigenvalue weighted by atomic mass is 10.3. The Morgan fingerprint density at radius 1 is 0.833 bits per heavy atom. The highest BCUT2D eigenvalue weighted by atomic mass is 15.3. The molecule has 2 aromatic rings. The third-order valence-electron chi connectivity index (χ3n) is 1.23. The molecular weight excluding hydrogens is 156 g/mol. The summed E-state index contributed by atoms with van der Waals surface area (Å²) in [6, 6.07) is 0. The number of hydrogen-bond donors (Lipinski definition) is 0. The average Bonchev–Trinajstić information content (AvgIpc) is 2.21. The van der Waals surface area contributed by atoms with E-state index in [1.165, 1.54) is 12.7 Å². The van der Waals surface area contributed by atoms with Crippen LogP contribution in [0.5, 0.6) is 0 Å². The molecule has 6 heteroatoms. The first-order valence-electron chi connectivity index (χ1n) is 3.22. The fourth-order valence-corrected chi connectivity index (χ4v) is 0.734. The molecule has 0 radical (unpaired) electrons. The predicted octanol–water partition coefficient (Wildman–Crippen LogP) is -0.276.